The van der Waals surface area contributed by atoms with Gasteiger partial charge in [-0.3, -0.25) is 0 Å². The van der Waals surface area contributed by atoms with E-state index in [0.29, 0.717) is 10.8 Å². The van der Waals surface area contributed by atoms with Gasteiger partial charge < -0.3 is 9.63 Å². The van der Waals surface area contributed by atoms with Gasteiger partial charge in [0.05, 0.1) is 0 Å². The van der Waals surface area contributed by atoms with Crippen molar-refractivity contribution in [1.82, 2.24) is 14.5 Å². The molecule has 0 fully saturated rings. The van der Waals surface area contributed by atoms with Crippen LogP contribution in [0.2, 0.25) is 0 Å². The molecule has 1 atom stereocenters. The van der Waals surface area contributed by atoms with Crippen LogP contribution < -0.4 is 0 Å². The van der Waals surface area contributed by atoms with Crippen LogP contribution in [0.3, 0.4) is 0 Å². The highest BCUT2D eigenvalue weighted by molar-refractivity contribution is 7.09. The van der Waals surface area contributed by atoms with Crippen molar-refractivity contribution in [1.29, 1.82) is 0 Å². The fourth-order valence-electron chi connectivity index (χ4n) is 2.43. The molecule has 0 radical (unpaired) electrons. The monoisotopic (exact) mass is 351 g/mol. The summed E-state index contributed by atoms with van der Waals surface area (Å²) in [6, 6.07) is 9.32. The van der Waals surface area contributed by atoms with Crippen molar-refractivity contribution in [3.63, 3.8) is 0 Å². The van der Waals surface area contributed by atoms with Gasteiger partial charge in [0.15, 0.2) is 11.5 Å². The molecule has 25 heavy (non-hydrogen) atoms. The summed E-state index contributed by atoms with van der Waals surface area (Å²) >= 11 is 1.16. The number of azo groups is 1. The van der Waals surface area contributed by atoms with Crippen LogP contribution in [-0.4, -0.2) is 19.6 Å². The van der Waals surface area contributed by atoms with E-state index in [4.69, 9.17) is 4.52 Å². The molecule has 1 aliphatic rings. The Morgan fingerprint density at radius 1 is 1.16 bits per heavy atom. The molecule has 0 bridgehead atoms. The number of hydrogen-bond donors (Lipinski definition) is 1. The van der Waals surface area contributed by atoms with E-state index in [-0.39, 0.29) is 17.6 Å². The van der Waals surface area contributed by atoms with Crippen molar-refractivity contribution in [3.8, 4) is 17.2 Å². The first-order chi connectivity index (χ1) is 12.3. The van der Waals surface area contributed by atoms with Crippen LogP contribution in [0.25, 0.3) is 11.3 Å². The lowest BCUT2D eigenvalue weighted by Crippen LogP contribution is -1.97. The third-order valence-electron chi connectivity index (χ3n) is 3.68. The normalized spacial score (nSPS) is 16.7. The topological polar surface area (TPSA) is 96.8 Å². The van der Waals surface area contributed by atoms with Gasteiger partial charge in [-0.1, -0.05) is 59.8 Å². The van der Waals surface area contributed by atoms with E-state index in [0.717, 1.165) is 29.3 Å². The predicted molar refractivity (Wildman–Crippen MR) is 93.3 cm³/mol. The first kappa shape index (κ1) is 15.4. The average molecular weight is 351 g/mol. The van der Waals surface area contributed by atoms with Gasteiger partial charge >= 0.3 is 5.95 Å². The largest absolute Gasteiger partial charge is 0.478 e. The highest BCUT2D eigenvalue weighted by Gasteiger charge is 2.18. The number of nitrogens with zero attached hydrogens (tertiary/aromatic N) is 5. The van der Waals surface area contributed by atoms with Crippen molar-refractivity contribution >= 4 is 22.4 Å². The summed E-state index contributed by atoms with van der Waals surface area (Å²) in [4.78, 5) is 4.39. The van der Waals surface area contributed by atoms with Crippen LogP contribution in [0.4, 0.5) is 10.8 Å². The fourth-order valence-corrected chi connectivity index (χ4v) is 3.00. The molecule has 0 aliphatic heterocycles. The van der Waals surface area contributed by atoms with E-state index in [1.807, 2.05) is 42.5 Å². The third kappa shape index (κ3) is 3.24. The molecule has 0 saturated carbocycles. The molecule has 3 aromatic rings. The van der Waals surface area contributed by atoms with Crippen molar-refractivity contribution in [2.24, 2.45) is 10.2 Å². The maximum absolute atomic E-state index is 9.85. The van der Waals surface area contributed by atoms with Crippen LogP contribution in [0.15, 0.2) is 69.4 Å². The van der Waals surface area contributed by atoms with Crippen LogP contribution >= 0.6 is 11.5 Å². The van der Waals surface area contributed by atoms with Crippen molar-refractivity contribution in [3.05, 3.63) is 60.5 Å². The maximum Gasteiger partial charge on any atom is 0.337 e. The SMILES string of the molecule is Oc1onc(-c2ccccc2)c1N=Nc1nc(C2C=CC=CC2)ns1. The molecule has 2 aromatic heterocycles. The number of aromatic hydroxyl groups is 1. The van der Waals surface area contributed by atoms with Crippen LogP contribution in [0, 0.1) is 0 Å². The van der Waals surface area contributed by atoms with Gasteiger partial charge in [-0.05, 0) is 6.42 Å². The second-order valence-corrected chi connectivity index (χ2v) is 6.07. The van der Waals surface area contributed by atoms with Crippen LogP contribution in [0.1, 0.15) is 18.2 Å². The number of allylic oxidation sites excluding steroid dienone is 4. The zero-order valence-electron chi connectivity index (χ0n) is 13.0. The van der Waals surface area contributed by atoms with E-state index in [9.17, 15) is 5.11 Å². The van der Waals surface area contributed by atoms with Gasteiger partial charge in [0, 0.05) is 23.0 Å². The van der Waals surface area contributed by atoms with Gasteiger partial charge in [0.2, 0.25) is 5.13 Å². The number of hydrogen-bond acceptors (Lipinski definition) is 8. The summed E-state index contributed by atoms with van der Waals surface area (Å²) in [6.07, 6.45) is 8.99. The zero-order valence-corrected chi connectivity index (χ0v) is 13.8. The smallest absolute Gasteiger partial charge is 0.337 e. The lowest BCUT2D eigenvalue weighted by molar-refractivity contribution is 0.279. The van der Waals surface area contributed by atoms with E-state index in [2.05, 4.69) is 36.9 Å². The molecular weight excluding hydrogens is 338 g/mol. The molecule has 8 heteroatoms. The molecular formula is C17H13N5O2S. The van der Waals surface area contributed by atoms with E-state index in [1.165, 1.54) is 0 Å². The van der Waals surface area contributed by atoms with Crippen molar-refractivity contribution < 1.29 is 9.63 Å². The fraction of sp³-hybridized carbons (Fsp3) is 0.118. The average Bonchev–Trinajstić information content (AvgIpc) is 3.28. The van der Waals surface area contributed by atoms with Gasteiger partial charge in [0.1, 0.15) is 5.69 Å². The maximum atomic E-state index is 9.85. The minimum atomic E-state index is -0.382. The van der Waals surface area contributed by atoms with Gasteiger partial charge in [-0.25, -0.2) is 0 Å². The molecule has 1 unspecified atom stereocenters. The molecule has 1 aliphatic carbocycles. The van der Waals surface area contributed by atoms with Gasteiger partial charge in [-0.15, -0.1) is 10.2 Å². The number of aromatic nitrogens is 3. The number of benzene rings is 1. The Kier molecular flexibility index (Phi) is 4.17. The summed E-state index contributed by atoms with van der Waals surface area (Å²) in [5.74, 6) is 0.499. The highest BCUT2D eigenvalue weighted by atomic mass is 32.1. The quantitative estimate of drug-likeness (QED) is 0.673. The molecule has 7 nitrogen and oxygen atoms in total. The summed E-state index contributed by atoms with van der Waals surface area (Å²) < 4.78 is 9.17. The second kappa shape index (κ2) is 6.78. The second-order valence-electron chi connectivity index (χ2n) is 5.34. The first-order valence-electron chi connectivity index (χ1n) is 7.64. The molecule has 1 N–H and O–H groups in total. The van der Waals surface area contributed by atoms with E-state index in [1.54, 1.807) is 0 Å². The molecule has 124 valence electrons. The molecule has 1 aromatic carbocycles. The van der Waals surface area contributed by atoms with Crippen LogP contribution in [0.5, 0.6) is 5.95 Å². The Hall–Kier alpha value is -3.13. The predicted octanol–water partition coefficient (Wildman–Crippen LogP) is 4.91. The van der Waals surface area contributed by atoms with E-state index >= 15 is 0 Å². The number of rotatable bonds is 4. The lowest BCUT2D eigenvalue weighted by atomic mass is 10.0. The first-order valence-corrected chi connectivity index (χ1v) is 8.41. The summed E-state index contributed by atoms with van der Waals surface area (Å²) in [7, 11) is 0. The Morgan fingerprint density at radius 3 is 2.84 bits per heavy atom. The summed E-state index contributed by atoms with van der Waals surface area (Å²) in [5, 5.41) is 22.3. The minimum Gasteiger partial charge on any atom is -0.478 e. The standard InChI is InChI=1S/C17H13N5O2S/c23-16-14(13(21-24-16)11-7-3-1-4-8-11)19-20-17-18-15(22-25-17)12-9-5-2-6-10-12/h1-9,12,23H,10H2. The highest BCUT2D eigenvalue weighted by Crippen LogP contribution is 2.38. The third-order valence-corrected chi connectivity index (χ3v) is 4.29. The summed E-state index contributed by atoms with van der Waals surface area (Å²) in [6.45, 7) is 0. The molecule has 0 spiro atoms. The van der Waals surface area contributed by atoms with Gasteiger partial charge in [0.25, 0.3) is 0 Å². The summed E-state index contributed by atoms with van der Waals surface area (Å²) in [5.41, 5.74) is 1.37. The molecule has 4 rings (SSSR count). The Morgan fingerprint density at radius 2 is 2.04 bits per heavy atom. The Bertz CT molecular complexity index is 959. The van der Waals surface area contributed by atoms with E-state index < -0.39 is 0 Å². The van der Waals surface area contributed by atoms with Crippen LogP contribution in [-0.2, 0) is 0 Å². The van der Waals surface area contributed by atoms with Crippen molar-refractivity contribution in [2.45, 2.75) is 12.3 Å². The molecule has 0 saturated heterocycles. The van der Waals surface area contributed by atoms with Gasteiger partial charge in [-0.2, -0.15) is 9.36 Å². The Balaban J connectivity index is 1.59. The molecule has 0 amide bonds. The zero-order chi connectivity index (χ0) is 17.1. The molecule has 2 heterocycles. The Labute approximate surface area is 147 Å². The lowest BCUT2D eigenvalue weighted by Gasteiger charge is -2.07. The minimum absolute atomic E-state index is 0.161. The van der Waals surface area contributed by atoms with Crippen molar-refractivity contribution in [2.75, 3.05) is 0 Å².